The number of esters is 1. The molecule has 10 heteroatoms. The summed E-state index contributed by atoms with van der Waals surface area (Å²) in [5, 5.41) is 15.4. The third-order valence-electron chi connectivity index (χ3n) is 6.43. The number of phenolic OH excluding ortho intramolecular Hbond substituents is 1. The maximum Gasteiger partial charge on any atom is 0.408 e. The zero-order valence-electron chi connectivity index (χ0n) is 26.7. The van der Waals surface area contributed by atoms with Crippen molar-refractivity contribution in [1.29, 1.82) is 0 Å². The predicted molar refractivity (Wildman–Crippen MR) is 163 cm³/mol. The van der Waals surface area contributed by atoms with Crippen molar-refractivity contribution >= 4 is 23.9 Å². The van der Waals surface area contributed by atoms with Gasteiger partial charge in [0.2, 0.25) is 11.8 Å². The van der Waals surface area contributed by atoms with Crippen LogP contribution in [0.5, 0.6) is 5.75 Å². The first kappa shape index (κ1) is 36.7. The van der Waals surface area contributed by atoms with Crippen molar-refractivity contribution in [2.24, 2.45) is 5.92 Å². The van der Waals surface area contributed by atoms with Gasteiger partial charge >= 0.3 is 12.1 Å². The zero-order chi connectivity index (χ0) is 31.7. The second kappa shape index (κ2) is 19.0. The molecule has 0 heterocycles. The lowest BCUT2D eigenvalue weighted by Gasteiger charge is -2.35. The van der Waals surface area contributed by atoms with Crippen LogP contribution in [0.3, 0.4) is 0 Å². The van der Waals surface area contributed by atoms with E-state index in [0.29, 0.717) is 18.4 Å². The van der Waals surface area contributed by atoms with Gasteiger partial charge in [0.05, 0.1) is 13.0 Å². The molecule has 2 unspecified atom stereocenters. The SMILES string of the molecule is CCCCCCCCN(C(=O)C(CC(C)C)NC(=O)OC(C)(C)C)C(C(=O)NCCC(=O)OCC)c1ccc(O)cc1. The van der Waals surface area contributed by atoms with Crippen LogP contribution >= 0.6 is 0 Å². The molecule has 238 valence electrons. The van der Waals surface area contributed by atoms with E-state index < -0.39 is 41.6 Å². The fourth-order valence-electron chi connectivity index (χ4n) is 4.52. The number of rotatable bonds is 18. The molecular formula is C32H53N3O7. The molecule has 0 fully saturated rings. The number of hydrogen-bond donors (Lipinski definition) is 3. The van der Waals surface area contributed by atoms with Crippen LogP contribution in [0.2, 0.25) is 0 Å². The number of amides is 3. The van der Waals surface area contributed by atoms with E-state index in [1.165, 1.54) is 17.0 Å². The molecule has 0 aliphatic rings. The van der Waals surface area contributed by atoms with E-state index in [2.05, 4.69) is 17.6 Å². The minimum Gasteiger partial charge on any atom is -0.508 e. The number of alkyl carbamates (subject to hydrolysis) is 1. The van der Waals surface area contributed by atoms with E-state index in [9.17, 15) is 24.3 Å². The van der Waals surface area contributed by atoms with Crippen molar-refractivity contribution in [2.45, 2.75) is 118 Å². The highest BCUT2D eigenvalue weighted by Crippen LogP contribution is 2.26. The van der Waals surface area contributed by atoms with Gasteiger partial charge in [-0.3, -0.25) is 14.4 Å². The highest BCUT2D eigenvalue weighted by Gasteiger charge is 2.36. The second-order valence-corrected chi connectivity index (χ2v) is 12.0. The summed E-state index contributed by atoms with van der Waals surface area (Å²) < 4.78 is 10.4. The van der Waals surface area contributed by atoms with Gasteiger partial charge in [-0.05, 0) is 64.2 Å². The van der Waals surface area contributed by atoms with Crippen LogP contribution in [-0.4, -0.2) is 65.2 Å². The van der Waals surface area contributed by atoms with E-state index in [4.69, 9.17) is 9.47 Å². The first-order chi connectivity index (χ1) is 19.8. The summed E-state index contributed by atoms with van der Waals surface area (Å²) in [5.74, 6) is -1.21. The monoisotopic (exact) mass is 591 g/mol. The van der Waals surface area contributed by atoms with Gasteiger partial charge in [0, 0.05) is 13.1 Å². The van der Waals surface area contributed by atoms with Crippen molar-refractivity contribution in [3.63, 3.8) is 0 Å². The van der Waals surface area contributed by atoms with E-state index in [-0.39, 0.29) is 37.8 Å². The van der Waals surface area contributed by atoms with Crippen molar-refractivity contribution in [2.75, 3.05) is 19.7 Å². The Kier molecular flexibility index (Phi) is 16.6. The van der Waals surface area contributed by atoms with Crippen molar-refractivity contribution in [1.82, 2.24) is 15.5 Å². The molecular weight excluding hydrogens is 538 g/mol. The number of phenols is 1. The van der Waals surface area contributed by atoms with Gasteiger partial charge < -0.3 is 30.1 Å². The molecule has 1 aromatic rings. The fourth-order valence-corrected chi connectivity index (χ4v) is 4.52. The summed E-state index contributed by atoms with van der Waals surface area (Å²) in [7, 11) is 0. The Bertz CT molecular complexity index is 973. The summed E-state index contributed by atoms with van der Waals surface area (Å²) in [6.45, 7) is 13.6. The van der Waals surface area contributed by atoms with Gasteiger partial charge in [-0.25, -0.2) is 4.79 Å². The number of carbonyl (C=O) groups is 4. The van der Waals surface area contributed by atoms with Gasteiger partial charge in [0.1, 0.15) is 23.4 Å². The maximum atomic E-state index is 14.3. The lowest BCUT2D eigenvalue weighted by molar-refractivity contribution is -0.144. The van der Waals surface area contributed by atoms with Crippen molar-refractivity contribution in [3.05, 3.63) is 29.8 Å². The minimum atomic E-state index is -1.05. The quantitative estimate of drug-likeness (QED) is 0.149. The summed E-state index contributed by atoms with van der Waals surface area (Å²) in [6, 6.07) is 4.16. The van der Waals surface area contributed by atoms with Crippen LogP contribution < -0.4 is 10.6 Å². The van der Waals surface area contributed by atoms with Crippen molar-refractivity contribution < 1.29 is 33.8 Å². The molecule has 0 bridgehead atoms. The molecule has 0 saturated heterocycles. The Balaban J connectivity index is 3.40. The molecule has 0 aromatic heterocycles. The molecule has 1 aromatic carbocycles. The predicted octanol–water partition coefficient (Wildman–Crippen LogP) is 5.63. The number of benzene rings is 1. The lowest BCUT2D eigenvalue weighted by Crippen LogP contribution is -2.53. The molecule has 0 saturated carbocycles. The van der Waals surface area contributed by atoms with Gasteiger partial charge in [-0.1, -0.05) is 65.0 Å². The van der Waals surface area contributed by atoms with Crippen LogP contribution in [0.1, 0.15) is 111 Å². The number of aromatic hydroxyl groups is 1. The number of carbonyl (C=O) groups excluding carboxylic acids is 4. The highest BCUT2D eigenvalue weighted by atomic mass is 16.6. The largest absolute Gasteiger partial charge is 0.508 e. The summed E-state index contributed by atoms with van der Waals surface area (Å²) >= 11 is 0. The zero-order valence-corrected chi connectivity index (χ0v) is 26.7. The highest BCUT2D eigenvalue weighted by molar-refractivity contribution is 5.92. The van der Waals surface area contributed by atoms with Gasteiger partial charge in [0.25, 0.3) is 0 Å². The van der Waals surface area contributed by atoms with Crippen LogP contribution in [0, 0.1) is 5.92 Å². The van der Waals surface area contributed by atoms with Crippen LogP contribution in [0.15, 0.2) is 24.3 Å². The number of nitrogens with one attached hydrogen (secondary N) is 2. The molecule has 3 N–H and O–H groups in total. The van der Waals surface area contributed by atoms with Crippen LogP contribution in [0.25, 0.3) is 0 Å². The average Bonchev–Trinajstić information content (AvgIpc) is 2.88. The standard InChI is InChI=1S/C32H53N3O7/c1-8-10-11-12-13-14-21-35(30(39)26(22-23(3)4)34-31(40)42-32(5,6)7)28(24-15-17-25(36)18-16-24)29(38)33-20-19-27(37)41-9-2/h15-18,23,26,28,36H,8-14,19-22H2,1-7H3,(H,33,38)(H,34,40). The molecule has 0 aliphatic carbocycles. The first-order valence-electron chi connectivity index (χ1n) is 15.3. The summed E-state index contributed by atoms with van der Waals surface area (Å²) in [5.41, 5.74) is -0.248. The maximum absolute atomic E-state index is 14.3. The van der Waals surface area contributed by atoms with E-state index in [0.717, 1.165) is 32.1 Å². The van der Waals surface area contributed by atoms with E-state index in [1.54, 1.807) is 39.8 Å². The molecule has 42 heavy (non-hydrogen) atoms. The molecule has 3 amide bonds. The Labute approximate surface area is 251 Å². The Morgan fingerprint density at radius 2 is 1.57 bits per heavy atom. The minimum absolute atomic E-state index is 0.0105. The molecule has 2 atom stereocenters. The first-order valence-corrected chi connectivity index (χ1v) is 15.3. The van der Waals surface area contributed by atoms with Crippen LogP contribution in [0.4, 0.5) is 4.79 Å². The van der Waals surface area contributed by atoms with Crippen molar-refractivity contribution in [3.8, 4) is 5.75 Å². The molecule has 10 nitrogen and oxygen atoms in total. The molecule has 0 radical (unpaired) electrons. The molecule has 1 rings (SSSR count). The number of nitrogens with zero attached hydrogens (tertiary/aromatic N) is 1. The van der Waals surface area contributed by atoms with E-state index >= 15 is 0 Å². The van der Waals surface area contributed by atoms with Crippen LogP contribution in [-0.2, 0) is 23.9 Å². The Morgan fingerprint density at radius 3 is 2.14 bits per heavy atom. The Hall–Kier alpha value is -3.30. The number of hydrogen-bond acceptors (Lipinski definition) is 7. The lowest BCUT2D eigenvalue weighted by atomic mass is 9.98. The topological polar surface area (TPSA) is 134 Å². The van der Waals surface area contributed by atoms with Gasteiger partial charge in [-0.15, -0.1) is 0 Å². The normalized spacial score (nSPS) is 12.8. The smallest absolute Gasteiger partial charge is 0.408 e. The van der Waals surface area contributed by atoms with Gasteiger partial charge in [-0.2, -0.15) is 0 Å². The second-order valence-electron chi connectivity index (χ2n) is 12.0. The van der Waals surface area contributed by atoms with E-state index in [1.807, 2.05) is 13.8 Å². The summed E-state index contributed by atoms with van der Waals surface area (Å²) in [4.78, 5) is 54.1. The summed E-state index contributed by atoms with van der Waals surface area (Å²) in [6.07, 6.45) is 5.53. The number of ether oxygens (including phenoxy) is 2. The third-order valence-corrected chi connectivity index (χ3v) is 6.43. The third kappa shape index (κ3) is 14.5. The van der Waals surface area contributed by atoms with Gasteiger partial charge in [0.15, 0.2) is 0 Å². The fraction of sp³-hybridized carbons (Fsp3) is 0.688. The average molecular weight is 592 g/mol. The Morgan fingerprint density at radius 1 is 0.952 bits per heavy atom. The molecule has 0 spiro atoms. The number of unbranched alkanes of at least 4 members (excludes halogenated alkanes) is 5. The molecule has 0 aliphatic heterocycles.